The number of aromatic nitrogens is 3. The number of carbonyl (C=O) groups excluding carboxylic acids is 1. The number of carbonyl (C=O) groups is 1. The van der Waals surface area contributed by atoms with Gasteiger partial charge in [0.1, 0.15) is 17.7 Å². The van der Waals surface area contributed by atoms with Gasteiger partial charge in [-0.2, -0.15) is 5.10 Å². The zero-order valence-electron chi connectivity index (χ0n) is 18.7. The van der Waals surface area contributed by atoms with Crippen molar-refractivity contribution in [1.82, 2.24) is 14.8 Å². The van der Waals surface area contributed by atoms with E-state index < -0.39 is 0 Å². The number of nitrogens with zero attached hydrogens (tertiary/aromatic N) is 5. The van der Waals surface area contributed by atoms with E-state index >= 15 is 0 Å². The van der Waals surface area contributed by atoms with E-state index in [4.69, 9.17) is 4.42 Å². The maximum absolute atomic E-state index is 13.0. The Hall–Kier alpha value is -3.16. The van der Waals surface area contributed by atoms with Crippen LogP contribution >= 0.6 is 0 Å². The summed E-state index contributed by atoms with van der Waals surface area (Å²) in [6.45, 7) is 1.88. The number of oxazole rings is 1. The van der Waals surface area contributed by atoms with Gasteiger partial charge in [-0.05, 0) is 42.4 Å². The molecule has 168 valence electrons. The molecular formula is C24H29N5O3. The first kappa shape index (κ1) is 20.7. The minimum atomic E-state index is -0.242. The lowest BCUT2D eigenvalue weighted by Crippen LogP contribution is -2.34. The standard InChI is InChI=1S/C24H29N5O3/c1-27(2)20-13-22(28-10-9-24(15-28)7-3-4-8-24)26-29(23(20)31)14-18(30)11-17-5-6-21-19(12-17)25-16-32-21/h5-6,12-13,16H,3-4,7-11,14-15H2,1-2H3. The zero-order valence-corrected chi connectivity index (χ0v) is 18.7. The number of ketones is 1. The Bertz CT molecular complexity index is 1210. The van der Waals surface area contributed by atoms with E-state index in [9.17, 15) is 9.59 Å². The van der Waals surface area contributed by atoms with E-state index in [1.54, 1.807) is 4.90 Å². The fourth-order valence-electron chi connectivity index (χ4n) is 5.22. The van der Waals surface area contributed by atoms with Crippen molar-refractivity contribution < 1.29 is 9.21 Å². The molecular weight excluding hydrogens is 406 g/mol. The molecule has 2 fully saturated rings. The number of benzene rings is 1. The predicted octanol–water partition coefficient (Wildman–Crippen LogP) is 3.03. The van der Waals surface area contributed by atoms with Crippen molar-refractivity contribution in [2.45, 2.75) is 45.1 Å². The molecule has 1 aromatic carbocycles. The van der Waals surface area contributed by atoms with Gasteiger partial charge < -0.3 is 14.2 Å². The second-order valence-electron chi connectivity index (χ2n) is 9.49. The van der Waals surface area contributed by atoms with Gasteiger partial charge in [-0.1, -0.05) is 18.9 Å². The van der Waals surface area contributed by atoms with E-state index in [1.807, 2.05) is 38.4 Å². The Morgan fingerprint density at radius 3 is 2.78 bits per heavy atom. The van der Waals surface area contributed by atoms with Crippen molar-refractivity contribution in [3.05, 3.63) is 46.6 Å². The van der Waals surface area contributed by atoms with Gasteiger partial charge in [0.05, 0.1) is 0 Å². The minimum Gasteiger partial charge on any atom is -0.443 e. The molecule has 3 aromatic rings. The van der Waals surface area contributed by atoms with Crippen LogP contribution in [-0.4, -0.2) is 47.7 Å². The molecule has 2 aromatic heterocycles. The largest absolute Gasteiger partial charge is 0.443 e. The summed E-state index contributed by atoms with van der Waals surface area (Å²) >= 11 is 0. The smallest absolute Gasteiger partial charge is 0.290 e. The summed E-state index contributed by atoms with van der Waals surface area (Å²) in [5.41, 5.74) is 2.96. The van der Waals surface area contributed by atoms with Crippen LogP contribution < -0.4 is 15.4 Å². The average molecular weight is 436 g/mol. The first-order chi connectivity index (χ1) is 15.4. The van der Waals surface area contributed by atoms with Gasteiger partial charge in [-0.15, -0.1) is 0 Å². The van der Waals surface area contributed by atoms with Gasteiger partial charge in [0.2, 0.25) is 0 Å². The SMILES string of the molecule is CN(C)c1cc(N2CCC3(CCCC3)C2)nn(CC(=O)Cc2ccc3ocnc3c2)c1=O. The van der Waals surface area contributed by atoms with E-state index in [-0.39, 0.29) is 24.3 Å². The number of hydrogen-bond acceptors (Lipinski definition) is 7. The number of fused-ring (bicyclic) bond motifs is 1. The second-order valence-corrected chi connectivity index (χ2v) is 9.49. The summed E-state index contributed by atoms with van der Waals surface area (Å²) in [5.74, 6) is 0.715. The Labute approximate surface area is 186 Å². The summed E-state index contributed by atoms with van der Waals surface area (Å²) in [4.78, 5) is 34.1. The van der Waals surface area contributed by atoms with Crippen molar-refractivity contribution in [1.29, 1.82) is 0 Å². The van der Waals surface area contributed by atoms with Crippen LogP contribution in [0.4, 0.5) is 11.5 Å². The lowest BCUT2D eigenvalue weighted by atomic mass is 9.86. The monoisotopic (exact) mass is 435 g/mol. The summed E-state index contributed by atoms with van der Waals surface area (Å²) in [6, 6.07) is 7.39. The van der Waals surface area contributed by atoms with Crippen molar-refractivity contribution in [2.75, 3.05) is 37.0 Å². The maximum atomic E-state index is 13.0. The molecule has 1 spiro atoms. The fourth-order valence-corrected chi connectivity index (χ4v) is 5.22. The second kappa shape index (κ2) is 8.07. The molecule has 8 nitrogen and oxygen atoms in total. The predicted molar refractivity (Wildman–Crippen MR) is 123 cm³/mol. The van der Waals surface area contributed by atoms with Gasteiger partial charge in [0.15, 0.2) is 23.6 Å². The quantitative estimate of drug-likeness (QED) is 0.588. The third-order valence-electron chi connectivity index (χ3n) is 6.97. The molecule has 0 unspecified atom stereocenters. The Kier molecular flexibility index (Phi) is 5.23. The average Bonchev–Trinajstić information content (AvgIpc) is 3.51. The Morgan fingerprint density at radius 2 is 2.00 bits per heavy atom. The van der Waals surface area contributed by atoms with Crippen LogP contribution in [0.5, 0.6) is 0 Å². The minimum absolute atomic E-state index is 0.0522. The van der Waals surface area contributed by atoms with Crippen molar-refractivity contribution >= 4 is 28.4 Å². The molecule has 32 heavy (non-hydrogen) atoms. The number of hydrogen-bond donors (Lipinski definition) is 0. The van der Waals surface area contributed by atoms with Gasteiger partial charge in [-0.25, -0.2) is 9.67 Å². The first-order valence-electron chi connectivity index (χ1n) is 11.3. The molecule has 0 atom stereocenters. The van der Waals surface area contributed by atoms with Crippen LogP contribution in [0.25, 0.3) is 11.1 Å². The van der Waals surface area contributed by atoms with E-state index in [1.165, 1.54) is 43.2 Å². The van der Waals surface area contributed by atoms with Crippen molar-refractivity contribution in [2.24, 2.45) is 5.41 Å². The molecule has 0 N–H and O–H groups in total. The molecule has 5 rings (SSSR count). The van der Waals surface area contributed by atoms with Gasteiger partial charge in [0, 0.05) is 39.7 Å². The molecule has 1 saturated heterocycles. The van der Waals surface area contributed by atoms with Crippen LogP contribution in [-0.2, 0) is 17.8 Å². The summed E-state index contributed by atoms with van der Waals surface area (Å²) in [6.07, 6.45) is 7.94. The lowest BCUT2D eigenvalue weighted by molar-refractivity contribution is -0.119. The van der Waals surface area contributed by atoms with Crippen LogP contribution in [0.15, 0.2) is 39.9 Å². The fraction of sp³-hybridized carbons (Fsp3) is 0.500. The van der Waals surface area contributed by atoms with Crippen LogP contribution in [0.3, 0.4) is 0 Å². The maximum Gasteiger partial charge on any atom is 0.290 e. The van der Waals surface area contributed by atoms with E-state index in [2.05, 4.69) is 15.0 Å². The summed E-state index contributed by atoms with van der Waals surface area (Å²) in [7, 11) is 3.70. The highest BCUT2D eigenvalue weighted by atomic mass is 16.3. The van der Waals surface area contributed by atoms with Crippen molar-refractivity contribution in [3.8, 4) is 0 Å². The van der Waals surface area contributed by atoms with E-state index in [0.29, 0.717) is 16.7 Å². The molecule has 3 heterocycles. The van der Waals surface area contributed by atoms with Crippen molar-refractivity contribution in [3.63, 3.8) is 0 Å². The van der Waals surface area contributed by atoms with Crippen LogP contribution in [0, 0.1) is 5.41 Å². The molecule has 1 aliphatic heterocycles. The normalized spacial score (nSPS) is 17.5. The molecule has 1 saturated carbocycles. The van der Waals surface area contributed by atoms with Crippen LogP contribution in [0.2, 0.25) is 0 Å². The van der Waals surface area contributed by atoms with Gasteiger partial charge in [-0.3, -0.25) is 9.59 Å². The third-order valence-corrected chi connectivity index (χ3v) is 6.97. The Balaban J connectivity index is 1.38. The highest BCUT2D eigenvalue weighted by Crippen LogP contribution is 2.46. The molecule has 0 bridgehead atoms. The Morgan fingerprint density at radius 1 is 1.19 bits per heavy atom. The molecule has 2 aliphatic rings. The first-order valence-corrected chi connectivity index (χ1v) is 11.3. The van der Waals surface area contributed by atoms with Gasteiger partial charge >= 0.3 is 0 Å². The lowest BCUT2D eigenvalue weighted by Gasteiger charge is -2.25. The molecule has 0 amide bonds. The highest BCUT2D eigenvalue weighted by Gasteiger charge is 2.40. The number of anilines is 2. The molecule has 1 aliphatic carbocycles. The summed E-state index contributed by atoms with van der Waals surface area (Å²) in [5, 5.41) is 4.63. The molecule has 0 radical (unpaired) electrons. The molecule has 8 heteroatoms. The number of Topliss-reactive ketones (excluding diaryl/α,β-unsaturated/α-hetero) is 1. The number of rotatable bonds is 6. The van der Waals surface area contributed by atoms with Crippen LogP contribution in [0.1, 0.15) is 37.7 Å². The van der Waals surface area contributed by atoms with E-state index in [0.717, 1.165) is 30.0 Å². The highest BCUT2D eigenvalue weighted by molar-refractivity contribution is 5.82. The zero-order chi connectivity index (χ0) is 22.3. The summed E-state index contributed by atoms with van der Waals surface area (Å²) < 4.78 is 6.60. The van der Waals surface area contributed by atoms with Gasteiger partial charge in [0.25, 0.3) is 5.56 Å². The topological polar surface area (TPSA) is 84.5 Å². The third kappa shape index (κ3) is 3.89.